The van der Waals surface area contributed by atoms with Gasteiger partial charge in [0.1, 0.15) is 5.82 Å². The van der Waals surface area contributed by atoms with Gasteiger partial charge in [-0.1, -0.05) is 0 Å². The molecule has 1 amide bonds. The number of carbonyl (C=O) groups is 1. The van der Waals surface area contributed by atoms with Gasteiger partial charge in [-0.25, -0.2) is 31.9 Å². The summed E-state index contributed by atoms with van der Waals surface area (Å²) >= 11 is 0. The second-order valence-corrected chi connectivity index (χ2v) is 8.48. The largest absolute Gasteiger partial charge is 0.451 e. The second kappa shape index (κ2) is 8.27. The van der Waals surface area contributed by atoms with E-state index in [9.17, 15) is 22.0 Å². The summed E-state index contributed by atoms with van der Waals surface area (Å²) in [7, 11) is -3.92. The van der Waals surface area contributed by atoms with Gasteiger partial charge in [0.15, 0.2) is 17.3 Å². The first-order valence-corrected chi connectivity index (χ1v) is 10.8. The smallest absolute Gasteiger partial charge is 0.267 e. The van der Waals surface area contributed by atoms with Gasteiger partial charge >= 0.3 is 0 Å². The molecule has 1 N–H and O–H groups in total. The predicted octanol–water partition coefficient (Wildman–Crippen LogP) is 2.54. The van der Waals surface area contributed by atoms with E-state index in [2.05, 4.69) is 14.9 Å². The molecule has 0 aliphatic carbocycles. The Hall–Kier alpha value is -2.82. The summed E-state index contributed by atoms with van der Waals surface area (Å²) in [5, 5.41) is 0. The fourth-order valence-electron chi connectivity index (χ4n) is 2.91. The molecule has 29 heavy (non-hydrogen) atoms. The molecule has 1 fully saturated rings. The van der Waals surface area contributed by atoms with E-state index >= 15 is 0 Å². The monoisotopic (exact) mass is 426 g/mol. The van der Waals surface area contributed by atoms with Crippen LogP contribution in [0.15, 0.2) is 18.3 Å². The molecule has 0 atom stereocenters. The zero-order valence-electron chi connectivity index (χ0n) is 15.9. The number of sulfonamides is 1. The minimum Gasteiger partial charge on any atom is -0.451 e. The van der Waals surface area contributed by atoms with Crippen LogP contribution in [0.4, 0.5) is 14.7 Å². The van der Waals surface area contributed by atoms with Gasteiger partial charge in [-0.3, -0.25) is 4.79 Å². The number of amides is 1. The number of aryl methyl sites for hydroxylation is 1. The van der Waals surface area contributed by atoms with Gasteiger partial charge < -0.3 is 9.64 Å². The summed E-state index contributed by atoms with van der Waals surface area (Å²) in [6, 6.07) is 1.24. The van der Waals surface area contributed by atoms with Gasteiger partial charge in [0, 0.05) is 19.2 Å². The molecule has 0 radical (unpaired) electrons. The molecular formula is C18H20F2N4O4S. The van der Waals surface area contributed by atoms with Crippen LogP contribution in [0.1, 0.15) is 35.3 Å². The number of piperidine rings is 1. The summed E-state index contributed by atoms with van der Waals surface area (Å²) in [6.45, 7) is 3.37. The fourth-order valence-corrected chi connectivity index (χ4v) is 3.36. The molecular weight excluding hydrogens is 406 g/mol. The lowest BCUT2D eigenvalue weighted by Crippen LogP contribution is -2.31. The Morgan fingerprint density at radius 2 is 1.83 bits per heavy atom. The third-order valence-electron chi connectivity index (χ3n) is 4.32. The number of carbonyl (C=O) groups excluding carboxylic acids is 1. The molecule has 2 heterocycles. The number of rotatable bonds is 5. The molecule has 0 saturated carbocycles. The SMILES string of the molecule is Cc1nc(N2CCCCC2)ncc1Oc1cc(F)c(C(=O)NS(C)(=O)=O)cc1F. The van der Waals surface area contributed by atoms with E-state index in [4.69, 9.17) is 4.74 Å². The van der Waals surface area contributed by atoms with Gasteiger partial charge in [0.2, 0.25) is 16.0 Å². The van der Waals surface area contributed by atoms with Crippen LogP contribution < -0.4 is 14.4 Å². The predicted molar refractivity (Wildman–Crippen MR) is 102 cm³/mol. The van der Waals surface area contributed by atoms with Gasteiger partial charge in [0.25, 0.3) is 5.91 Å². The van der Waals surface area contributed by atoms with Gasteiger partial charge in [-0.15, -0.1) is 0 Å². The third-order valence-corrected chi connectivity index (χ3v) is 4.88. The van der Waals surface area contributed by atoms with Crippen LogP contribution >= 0.6 is 0 Å². The Morgan fingerprint density at radius 3 is 2.45 bits per heavy atom. The number of aromatic nitrogens is 2. The molecule has 1 aromatic carbocycles. The van der Waals surface area contributed by atoms with Crippen molar-refractivity contribution in [3.8, 4) is 11.5 Å². The molecule has 0 spiro atoms. The minimum atomic E-state index is -3.92. The van der Waals surface area contributed by atoms with Crippen molar-refractivity contribution in [3.05, 3.63) is 41.2 Å². The zero-order valence-corrected chi connectivity index (χ0v) is 16.7. The average Bonchev–Trinajstić information content (AvgIpc) is 2.65. The number of nitrogens with one attached hydrogen (secondary N) is 1. The molecule has 1 aromatic heterocycles. The molecule has 2 aromatic rings. The molecule has 1 aliphatic heterocycles. The van der Waals surface area contributed by atoms with E-state index in [-0.39, 0.29) is 5.75 Å². The van der Waals surface area contributed by atoms with Crippen molar-refractivity contribution in [2.45, 2.75) is 26.2 Å². The van der Waals surface area contributed by atoms with E-state index in [0.717, 1.165) is 32.2 Å². The minimum absolute atomic E-state index is 0.136. The maximum Gasteiger partial charge on any atom is 0.267 e. The number of benzene rings is 1. The summed E-state index contributed by atoms with van der Waals surface area (Å²) in [5.41, 5.74) is -0.312. The second-order valence-electron chi connectivity index (χ2n) is 6.74. The number of hydrogen-bond acceptors (Lipinski definition) is 7. The van der Waals surface area contributed by atoms with Crippen LogP contribution in [0.5, 0.6) is 11.5 Å². The standard InChI is InChI=1S/C18H20F2N4O4S/c1-11-16(10-21-18(22-11)24-6-4-3-5-7-24)28-15-9-13(19)12(8-14(15)20)17(25)23-29(2,26)27/h8-10H,3-7H2,1-2H3,(H,23,25). The Morgan fingerprint density at radius 1 is 1.14 bits per heavy atom. The van der Waals surface area contributed by atoms with Crippen molar-refractivity contribution in [2.24, 2.45) is 0 Å². The lowest BCUT2D eigenvalue weighted by Gasteiger charge is -2.26. The maximum absolute atomic E-state index is 14.3. The quantitative estimate of drug-likeness (QED) is 0.784. The van der Waals surface area contributed by atoms with Gasteiger partial charge in [-0.05, 0) is 32.3 Å². The maximum atomic E-state index is 14.3. The van der Waals surface area contributed by atoms with Crippen molar-refractivity contribution in [2.75, 3.05) is 24.2 Å². The first-order valence-electron chi connectivity index (χ1n) is 8.91. The number of nitrogens with zero attached hydrogens (tertiary/aromatic N) is 3. The van der Waals surface area contributed by atoms with E-state index in [1.807, 2.05) is 0 Å². The Labute approximate surface area is 167 Å². The van der Waals surface area contributed by atoms with Crippen molar-refractivity contribution >= 4 is 21.9 Å². The van der Waals surface area contributed by atoms with Crippen LogP contribution in [0.3, 0.4) is 0 Å². The normalized spacial score (nSPS) is 14.6. The van der Waals surface area contributed by atoms with Crippen molar-refractivity contribution in [3.63, 3.8) is 0 Å². The molecule has 0 unspecified atom stereocenters. The van der Waals surface area contributed by atoms with Gasteiger partial charge in [-0.2, -0.15) is 0 Å². The zero-order chi connectivity index (χ0) is 21.2. The Bertz CT molecular complexity index is 1040. The number of ether oxygens (including phenoxy) is 1. The fraction of sp³-hybridized carbons (Fsp3) is 0.389. The number of hydrogen-bond donors (Lipinski definition) is 1. The third kappa shape index (κ3) is 5.17. The van der Waals surface area contributed by atoms with Crippen molar-refractivity contribution < 1.29 is 26.7 Å². The molecule has 8 nitrogen and oxygen atoms in total. The van der Waals surface area contributed by atoms with Crippen LogP contribution in [0.2, 0.25) is 0 Å². The van der Waals surface area contributed by atoms with Crippen LogP contribution in [0.25, 0.3) is 0 Å². The lowest BCUT2D eigenvalue weighted by atomic mass is 10.1. The highest BCUT2D eigenvalue weighted by molar-refractivity contribution is 7.89. The molecule has 156 valence electrons. The Kier molecular flexibility index (Phi) is 5.96. The summed E-state index contributed by atoms with van der Waals surface area (Å²) in [5.74, 6) is -3.24. The summed E-state index contributed by atoms with van der Waals surface area (Å²) in [4.78, 5) is 22.4. The highest BCUT2D eigenvalue weighted by Gasteiger charge is 2.21. The highest BCUT2D eigenvalue weighted by Crippen LogP contribution is 2.29. The van der Waals surface area contributed by atoms with E-state index in [1.165, 1.54) is 12.6 Å². The van der Waals surface area contributed by atoms with Crippen molar-refractivity contribution in [1.82, 2.24) is 14.7 Å². The highest BCUT2D eigenvalue weighted by atomic mass is 32.2. The molecule has 1 aliphatic rings. The lowest BCUT2D eigenvalue weighted by molar-refractivity contribution is 0.0977. The Balaban J connectivity index is 1.81. The molecule has 11 heteroatoms. The van der Waals surface area contributed by atoms with Crippen LogP contribution in [-0.4, -0.2) is 43.6 Å². The van der Waals surface area contributed by atoms with Crippen molar-refractivity contribution in [1.29, 1.82) is 0 Å². The molecule has 3 rings (SSSR count). The first kappa shape index (κ1) is 20.9. The number of anilines is 1. The molecule has 1 saturated heterocycles. The van der Waals surface area contributed by atoms with Gasteiger partial charge in [0.05, 0.1) is 23.7 Å². The van der Waals surface area contributed by atoms with E-state index in [0.29, 0.717) is 23.8 Å². The topological polar surface area (TPSA) is 101 Å². The van der Waals surface area contributed by atoms with E-state index < -0.39 is 38.9 Å². The van der Waals surface area contributed by atoms with Crippen LogP contribution in [0, 0.1) is 18.6 Å². The first-order chi connectivity index (χ1) is 13.6. The summed E-state index contributed by atoms with van der Waals surface area (Å²) in [6.07, 6.45) is 5.40. The number of halogens is 2. The van der Waals surface area contributed by atoms with Crippen LogP contribution in [-0.2, 0) is 10.0 Å². The average molecular weight is 426 g/mol. The molecule has 0 bridgehead atoms. The van der Waals surface area contributed by atoms with E-state index in [1.54, 1.807) is 11.6 Å². The summed E-state index contributed by atoms with van der Waals surface area (Å²) < 4.78 is 57.8.